The molecule has 2 amide bonds. The van der Waals surface area contributed by atoms with Gasteiger partial charge in [-0.3, -0.25) is 14.5 Å². The van der Waals surface area contributed by atoms with E-state index in [0.29, 0.717) is 34.6 Å². The molecule has 4 aromatic rings. The molecule has 0 radical (unpaired) electrons. The minimum atomic E-state index is -1.42. The number of ether oxygens (including phenoxy) is 1. The number of alkyl halides is 1. The Morgan fingerprint density at radius 3 is 1.73 bits per heavy atom. The lowest BCUT2D eigenvalue weighted by Crippen LogP contribution is -2.37. The number of carbonyl (C=O) groups excluding carboxylic acids is 2. The van der Waals surface area contributed by atoms with Crippen LogP contribution in [0.1, 0.15) is 46.9 Å². The van der Waals surface area contributed by atoms with E-state index in [1.165, 1.54) is 17.0 Å². The molecule has 0 saturated carbocycles. The maximum atomic E-state index is 14.0. The van der Waals surface area contributed by atoms with Gasteiger partial charge < -0.3 is 9.84 Å². The van der Waals surface area contributed by atoms with Crippen LogP contribution in [-0.2, 0) is 15.2 Å². The number of imide groups is 1. The Morgan fingerprint density at radius 2 is 1.24 bits per heavy atom. The molecule has 0 aromatic heterocycles. The first-order valence-corrected chi connectivity index (χ1v) is 14.8. The third kappa shape index (κ3) is 6.11. The Balaban J connectivity index is 1.46. The molecule has 5 rings (SSSR count). The van der Waals surface area contributed by atoms with Gasteiger partial charge in [-0.25, -0.2) is 4.39 Å². The highest BCUT2D eigenvalue weighted by molar-refractivity contribution is 9.09. The number of rotatable bonds is 11. The standard InChI is InChI=1S/C34H31BrFNO4/c35-21-7-23-41-29-18-14-25(15-19-29)31-30(24-12-16-28(36)17-13-24)32(38)37(33(31)39)22-20-34(40,26-8-3-1-4-9-26)27-10-5-2-6-11-27/h1-6,8-19,30-31,40H,7,20-23H2. The van der Waals surface area contributed by atoms with Crippen molar-refractivity contribution in [2.75, 3.05) is 18.5 Å². The van der Waals surface area contributed by atoms with Gasteiger partial charge in [-0.15, -0.1) is 0 Å². The van der Waals surface area contributed by atoms with Crippen LogP contribution >= 0.6 is 15.9 Å². The summed E-state index contributed by atoms with van der Waals surface area (Å²) in [6.45, 7) is 0.572. The molecule has 1 N–H and O–H groups in total. The van der Waals surface area contributed by atoms with Gasteiger partial charge in [0.05, 0.1) is 18.4 Å². The highest BCUT2D eigenvalue weighted by Gasteiger charge is 2.49. The normalized spacial score (nSPS) is 17.2. The van der Waals surface area contributed by atoms with Crippen LogP contribution in [-0.4, -0.2) is 40.3 Å². The molecule has 1 saturated heterocycles. The number of hydrogen-bond donors (Lipinski definition) is 1. The Labute approximate surface area is 247 Å². The van der Waals surface area contributed by atoms with Crippen molar-refractivity contribution in [2.45, 2.75) is 30.3 Å². The predicted octanol–water partition coefficient (Wildman–Crippen LogP) is 6.55. The van der Waals surface area contributed by atoms with Crippen LogP contribution in [0.3, 0.4) is 0 Å². The Hall–Kier alpha value is -3.81. The van der Waals surface area contributed by atoms with E-state index in [9.17, 15) is 19.1 Å². The fraction of sp³-hybridized carbons (Fsp3) is 0.235. The summed E-state index contributed by atoms with van der Waals surface area (Å²) < 4.78 is 19.5. The van der Waals surface area contributed by atoms with Crippen molar-refractivity contribution >= 4 is 27.7 Å². The second kappa shape index (κ2) is 12.8. The van der Waals surface area contributed by atoms with Gasteiger partial charge in [0.2, 0.25) is 11.8 Å². The zero-order chi connectivity index (χ0) is 28.8. The molecular formula is C34H31BrFNO4. The quantitative estimate of drug-likeness (QED) is 0.118. The number of likely N-dealkylation sites (tertiary alicyclic amines) is 1. The fourth-order valence-corrected chi connectivity index (χ4v) is 5.69. The van der Waals surface area contributed by atoms with Crippen LogP contribution in [0.4, 0.5) is 4.39 Å². The van der Waals surface area contributed by atoms with Crippen LogP contribution in [0.5, 0.6) is 5.75 Å². The van der Waals surface area contributed by atoms with Crippen LogP contribution in [0.15, 0.2) is 109 Å². The molecule has 1 aliphatic rings. The molecule has 7 heteroatoms. The Morgan fingerprint density at radius 1 is 0.756 bits per heavy atom. The van der Waals surface area contributed by atoms with E-state index in [1.54, 1.807) is 24.3 Å². The van der Waals surface area contributed by atoms with E-state index in [4.69, 9.17) is 4.74 Å². The number of nitrogens with zero attached hydrogens (tertiary/aromatic N) is 1. The van der Waals surface area contributed by atoms with E-state index < -0.39 is 23.3 Å². The average molecular weight is 617 g/mol. The number of halogens is 2. The molecule has 0 spiro atoms. The summed E-state index contributed by atoms with van der Waals surface area (Å²) >= 11 is 3.39. The highest BCUT2D eigenvalue weighted by Crippen LogP contribution is 2.43. The number of amides is 2. The molecule has 1 fully saturated rings. The van der Waals surface area contributed by atoms with Gasteiger partial charge in [0.1, 0.15) is 17.2 Å². The monoisotopic (exact) mass is 615 g/mol. The Bertz CT molecular complexity index is 1420. The number of aliphatic hydroxyl groups is 1. The number of benzene rings is 4. The largest absolute Gasteiger partial charge is 0.494 e. The third-order valence-corrected chi connectivity index (χ3v) is 8.17. The van der Waals surface area contributed by atoms with Crippen molar-refractivity contribution in [3.8, 4) is 5.75 Å². The summed E-state index contributed by atoms with van der Waals surface area (Å²) in [6.07, 6.45) is 0.971. The second-order valence-corrected chi connectivity index (χ2v) is 10.9. The summed E-state index contributed by atoms with van der Waals surface area (Å²) in [5.41, 5.74) is 1.17. The molecule has 1 aliphatic heterocycles. The zero-order valence-electron chi connectivity index (χ0n) is 22.5. The van der Waals surface area contributed by atoms with Gasteiger partial charge in [0.15, 0.2) is 0 Å². The molecule has 5 nitrogen and oxygen atoms in total. The van der Waals surface area contributed by atoms with Gasteiger partial charge in [-0.1, -0.05) is 101 Å². The minimum Gasteiger partial charge on any atom is -0.494 e. The van der Waals surface area contributed by atoms with Crippen molar-refractivity contribution in [3.63, 3.8) is 0 Å². The molecule has 0 bridgehead atoms. The van der Waals surface area contributed by atoms with Crippen molar-refractivity contribution in [1.29, 1.82) is 0 Å². The lowest BCUT2D eigenvalue weighted by molar-refractivity contribution is -0.139. The smallest absolute Gasteiger partial charge is 0.237 e. The van der Waals surface area contributed by atoms with Crippen molar-refractivity contribution in [2.24, 2.45) is 0 Å². The molecule has 0 aliphatic carbocycles. The maximum absolute atomic E-state index is 14.0. The first-order chi connectivity index (χ1) is 19.9. The van der Waals surface area contributed by atoms with Gasteiger partial charge in [0, 0.05) is 18.3 Å². The minimum absolute atomic E-state index is 0.0138. The fourth-order valence-electron chi connectivity index (χ4n) is 5.46. The lowest BCUT2D eigenvalue weighted by atomic mass is 9.83. The maximum Gasteiger partial charge on any atom is 0.237 e. The average Bonchev–Trinajstić information content (AvgIpc) is 3.26. The van der Waals surface area contributed by atoms with Crippen molar-refractivity contribution < 1.29 is 23.8 Å². The predicted molar refractivity (Wildman–Crippen MR) is 159 cm³/mol. The molecule has 2 atom stereocenters. The Kier molecular flexibility index (Phi) is 8.96. The van der Waals surface area contributed by atoms with E-state index in [2.05, 4.69) is 15.9 Å². The van der Waals surface area contributed by atoms with Crippen LogP contribution < -0.4 is 4.74 Å². The van der Waals surface area contributed by atoms with E-state index in [0.717, 1.165) is 11.8 Å². The molecule has 210 valence electrons. The first kappa shape index (κ1) is 28.7. The molecule has 41 heavy (non-hydrogen) atoms. The van der Waals surface area contributed by atoms with E-state index >= 15 is 0 Å². The summed E-state index contributed by atoms with van der Waals surface area (Å²) in [5, 5.41) is 12.8. The van der Waals surface area contributed by atoms with Crippen molar-refractivity contribution in [1.82, 2.24) is 4.90 Å². The number of hydrogen-bond acceptors (Lipinski definition) is 4. The highest BCUT2D eigenvalue weighted by atomic mass is 79.9. The van der Waals surface area contributed by atoms with Gasteiger partial charge in [-0.2, -0.15) is 0 Å². The van der Waals surface area contributed by atoms with Gasteiger partial charge >= 0.3 is 0 Å². The molecule has 4 aromatic carbocycles. The van der Waals surface area contributed by atoms with Gasteiger partial charge in [0.25, 0.3) is 0 Å². The van der Waals surface area contributed by atoms with Gasteiger partial charge in [-0.05, 0) is 52.9 Å². The van der Waals surface area contributed by atoms with E-state index in [-0.39, 0.29) is 24.8 Å². The third-order valence-electron chi connectivity index (χ3n) is 7.61. The topological polar surface area (TPSA) is 66.8 Å². The lowest BCUT2D eigenvalue weighted by Gasteiger charge is -2.31. The van der Waals surface area contributed by atoms with Crippen LogP contribution in [0.25, 0.3) is 0 Å². The summed E-state index contributed by atoms with van der Waals surface area (Å²) in [7, 11) is 0. The first-order valence-electron chi connectivity index (χ1n) is 13.7. The summed E-state index contributed by atoms with van der Waals surface area (Å²) in [6, 6.07) is 31.5. The zero-order valence-corrected chi connectivity index (χ0v) is 24.0. The molecule has 1 heterocycles. The van der Waals surface area contributed by atoms with Crippen molar-refractivity contribution in [3.05, 3.63) is 137 Å². The summed E-state index contributed by atoms with van der Waals surface area (Å²) in [5.74, 6) is -2.05. The van der Waals surface area contributed by atoms with Crippen LogP contribution in [0.2, 0.25) is 0 Å². The SMILES string of the molecule is O=C1C(c2ccc(F)cc2)C(c2ccc(OCCCBr)cc2)C(=O)N1CCC(O)(c1ccccc1)c1ccccc1. The summed E-state index contributed by atoms with van der Waals surface area (Å²) in [4.78, 5) is 29.1. The molecule has 2 unspecified atom stereocenters. The molecular weight excluding hydrogens is 585 g/mol. The van der Waals surface area contributed by atoms with E-state index in [1.807, 2.05) is 72.8 Å². The second-order valence-electron chi connectivity index (χ2n) is 10.1. The number of carbonyl (C=O) groups is 2. The van der Waals surface area contributed by atoms with Crippen LogP contribution in [0, 0.1) is 5.82 Å².